The van der Waals surface area contributed by atoms with Crippen LogP contribution in [0.3, 0.4) is 0 Å². The standard InChI is InChI=1S/C13H16N2O3/c1-14-10-5-3-4-6-11(10)15(9-12(14)16)8-7-13(17)18-2/h3-6H,7-9H2,1-2H3. The lowest BCUT2D eigenvalue weighted by Crippen LogP contribution is -2.44. The number of benzene rings is 1. The van der Waals surface area contributed by atoms with Crippen LogP contribution < -0.4 is 9.80 Å². The molecule has 1 aliphatic heterocycles. The van der Waals surface area contributed by atoms with Crippen molar-refractivity contribution in [3.05, 3.63) is 24.3 Å². The fraction of sp³-hybridized carbons (Fsp3) is 0.385. The molecule has 0 atom stereocenters. The highest BCUT2D eigenvalue weighted by Gasteiger charge is 2.26. The van der Waals surface area contributed by atoms with Crippen LogP contribution in [0.2, 0.25) is 0 Å². The van der Waals surface area contributed by atoms with Crippen LogP contribution in [0.15, 0.2) is 24.3 Å². The summed E-state index contributed by atoms with van der Waals surface area (Å²) >= 11 is 0. The number of fused-ring (bicyclic) bond motifs is 1. The number of ether oxygens (including phenoxy) is 1. The van der Waals surface area contributed by atoms with Gasteiger partial charge < -0.3 is 14.5 Å². The van der Waals surface area contributed by atoms with Gasteiger partial charge in [-0.25, -0.2) is 0 Å². The molecule has 0 bridgehead atoms. The van der Waals surface area contributed by atoms with E-state index in [1.165, 1.54) is 7.11 Å². The van der Waals surface area contributed by atoms with Gasteiger partial charge in [-0.1, -0.05) is 12.1 Å². The van der Waals surface area contributed by atoms with Crippen LogP contribution in [-0.2, 0) is 14.3 Å². The summed E-state index contributed by atoms with van der Waals surface area (Å²) in [5.74, 6) is -0.238. The van der Waals surface area contributed by atoms with E-state index in [4.69, 9.17) is 0 Å². The number of hydrogen-bond acceptors (Lipinski definition) is 4. The lowest BCUT2D eigenvalue weighted by Gasteiger charge is -2.35. The zero-order valence-corrected chi connectivity index (χ0v) is 10.5. The van der Waals surface area contributed by atoms with Crippen molar-refractivity contribution in [2.75, 3.05) is 37.0 Å². The van der Waals surface area contributed by atoms with Gasteiger partial charge in [0.25, 0.3) is 0 Å². The Bertz CT molecular complexity index is 473. The molecule has 0 saturated carbocycles. The van der Waals surface area contributed by atoms with Gasteiger partial charge in [-0.3, -0.25) is 9.59 Å². The van der Waals surface area contributed by atoms with Crippen LogP contribution in [0.5, 0.6) is 0 Å². The van der Waals surface area contributed by atoms with Crippen molar-refractivity contribution in [3.63, 3.8) is 0 Å². The summed E-state index contributed by atoms with van der Waals surface area (Å²) in [4.78, 5) is 26.6. The van der Waals surface area contributed by atoms with E-state index in [0.717, 1.165) is 11.4 Å². The van der Waals surface area contributed by atoms with Crippen LogP contribution >= 0.6 is 0 Å². The fourth-order valence-corrected chi connectivity index (χ4v) is 2.03. The monoisotopic (exact) mass is 248 g/mol. The summed E-state index contributed by atoms with van der Waals surface area (Å²) in [6, 6.07) is 7.67. The third kappa shape index (κ3) is 2.30. The second-order valence-electron chi connectivity index (χ2n) is 4.19. The number of rotatable bonds is 3. The van der Waals surface area contributed by atoms with Crippen molar-refractivity contribution in [1.29, 1.82) is 0 Å². The van der Waals surface area contributed by atoms with E-state index in [-0.39, 0.29) is 18.3 Å². The molecule has 0 fully saturated rings. The number of para-hydroxylation sites is 2. The first-order chi connectivity index (χ1) is 8.63. The summed E-state index contributed by atoms with van der Waals surface area (Å²) in [5.41, 5.74) is 1.85. The highest BCUT2D eigenvalue weighted by Crippen LogP contribution is 2.32. The van der Waals surface area contributed by atoms with Crippen LogP contribution in [-0.4, -0.2) is 39.1 Å². The van der Waals surface area contributed by atoms with Crippen molar-refractivity contribution in [3.8, 4) is 0 Å². The van der Waals surface area contributed by atoms with Gasteiger partial charge in [0.15, 0.2) is 0 Å². The molecule has 1 aromatic carbocycles. The number of likely N-dealkylation sites (N-methyl/N-ethyl adjacent to an activating group) is 1. The molecule has 0 unspecified atom stereocenters. The number of hydrogen-bond donors (Lipinski definition) is 0. The van der Waals surface area contributed by atoms with E-state index in [1.54, 1.807) is 11.9 Å². The molecule has 0 saturated heterocycles. The van der Waals surface area contributed by atoms with Crippen molar-refractivity contribution in [2.45, 2.75) is 6.42 Å². The van der Waals surface area contributed by atoms with E-state index in [2.05, 4.69) is 4.74 Å². The molecule has 1 amide bonds. The Hall–Kier alpha value is -2.04. The van der Waals surface area contributed by atoms with Gasteiger partial charge in [0, 0.05) is 13.6 Å². The van der Waals surface area contributed by atoms with Crippen molar-refractivity contribution < 1.29 is 14.3 Å². The lowest BCUT2D eigenvalue weighted by atomic mass is 10.1. The maximum Gasteiger partial charge on any atom is 0.307 e. The third-order valence-electron chi connectivity index (χ3n) is 3.10. The van der Waals surface area contributed by atoms with Crippen LogP contribution in [0, 0.1) is 0 Å². The highest BCUT2D eigenvalue weighted by atomic mass is 16.5. The molecule has 96 valence electrons. The summed E-state index contributed by atoms with van der Waals surface area (Å²) in [5, 5.41) is 0. The lowest BCUT2D eigenvalue weighted by molar-refractivity contribution is -0.140. The van der Waals surface area contributed by atoms with Gasteiger partial charge >= 0.3 is 5.97 Å². The van der Waals surface area contributed by atoms with E-state index >= 15 is 0 Å². The average Bonchev–Trinajstić information content (AvgIpc) is 2.41. The van der Waals surface area contributed by atoms with Gasteiger partial charge in [-0.05, 0) is 12.1 Å². The first-order valence-corrected chi connectivity index (χ1v) is 5.81. The molecule has 1 aliphatic rings. The van der Waals surface area contributed by atoms with Crippen molar-refractivity contribution >= 4 is 23.3 Å². The number of anilines is 2. The summed E-state index contributed by atoms with van der Waals surface area (Å²) in [7, 11) is 3.13. The Morgan fingerprint density at radius 1 is 1.33 bits per heavy atom. The van der Waals surface area contributed by atoms with E-state index in [1.807, 2.05) is 29.2 Å². The van der Waals surface area contributed by atoms with E-state index in [9.17, 15) is 9.59 Å². The molecule has 0 N–H and O–H groups in total. The van der Waals surface area contributed by atoms with Gasteiger partial charge in [-0.15, -0.1) is 0 Å². The first-order valence-electron chi connectivity index (χ1n) is 5.81. The SMILES string of the molecule is COC(=O)CCN1CC(=O)N(C)c2ccccc21. The molecule has 5 heteroatoms. The van der Waals surface area contributed by atoms with E-state index < -0.39 is 0 Å². The molecule has 1 heterocycles. The largest absolute Gasteiger partial charge is 0.469 e. The fourth-order valence-electron chi connectivity index (χ4n) is 2.03. The molecule has 5 nitrogen and oxygen atoms in total. The van der Waals surface area contributed by atoms with Crippen LogP contribution in [0.25, 0.3) is 0 Å². The quantitative estimate of drug-likeness (QED) is 0.750. The van der Waals surface area contributed by atoms with Crippen LogP contribution in [0.1, 0.15) is 6.42 Å². The minimum Gasteiger partial charge on any atom is -0.469 e. The first kappa shape index (κ1) is 12.4. The zero-order valence-electron chi connectivity index (χ0n) is 10.5. The number of esters is 1. The Balaban J connectivity index is 2.20. The second kappa shape index (κ2) is 5.08. The van der Waals surface area contributed by atoms with E-state index in [0.29, 0.717) is 13.1 Å². The summed E-state index contributed by atoms with van der Waals surface area (Å²) in [6.45, 7) is 0.785. The number of carbonyl (C=O) groups is 2. The van der Waals surface area contributed by atoms with Gasteiger partial charge in [0.2, 0.25) is 5.91 Å². The smallest absolute Gasteiger partial charge is 0.307 e. The van der Waals surface area contributed by atoms with Crippen LogP contribution in [0.4, 0.5) is 11.4 Å². The van der Waals surface area contributed by atoms with Crippen molar-refractivity contribution in [2.24, 2.45) is 0 Å². The Labute approximate surface area is 106 Å². The van der Waals surface area contributed by atoms with Gasteiger partial charge in [-0.2, -0.15) is 0 Å². The molecule has 0 aromatic heterocycles. The summed E-state index contributed by atoms with van der Waals surface area (Å²) < 4.78 is 4.62. The van der Waals surface area contributed by atoms with Gasteiger partial charge in [0.05, 0.1) is 31.5 Å². The number of nitrogens with zero attached hydrogens (tertiary/aromatic N) is 2. The summed E-state index contributed by atoms with van der Waals surface area (Å²) in [6.07, 6.45) is 0.280. The molecular formula is C13H16N2O3. The van der Waals surface area contributed by atoms with Crippen molar-refractivity contribution in [1.82, 2.24) is 0 Å². The zero-order chi connectivity index (χ0) is 13.1. The maximum atomic E-state index is 11.8. The molecule has 0 spiro atoms. The maximum absolute atomic E-state index is 11.8. The predicted octanol–water partition coefficient (Wildman–Crippen LogP) is 1.03. The minimum absolute atomic E-state index is 0.0264. The highest BCUT2D eigenvalue weighted by molar-refractivity contribution is 6.02. The molecule has 1 aromatic rings. The minimum atomic E-state index is -0.265. The molecular weight excluding hydrogens is 232 g/mol. The Morgan fingerprint density at radius 2 is 2.00 bits per heavy atom. The average molecular weight is 248 g/mol. The Morgan fingerprint density at radius 3 is 2.67 bits per heavy atom. The molecule has 0 radical (unpaired) electrons. The number of methoxy groups -OCH3 is 1. The number of amides is 1. The Kier molecular flexibility index (Phi) is 3.50. The second-order valence-corrected chi connectivity index (χ2v) is 4.19. The normalized spacial score (nSPS) is 14.4. The molecule has 0 aliphatic carbocycles. The number of carbonyl (C=O) groups excluding carboxylic acids is 2. The topological polar surface area (TPSA) is 49.9 Å². The van der Waals surface area contributed by atoms with Gasteiger partial charge in [0.1, 0.15) is 0 Å². The third-order valence-corrected chi connectivity index (χ3v) is 3.10. The molecule has 18 heavy (non-hydrogen) atoms. The molecule has 2 rings (SSSR count). The predicted molar refractivity (Wildman–Crippen MR) is 68.7 cm³/mol.